The number of pyridine rings is 1. The van der Waals surface area contributed by atoms with Crippen LogP contribution in [0, 0.1) is 0 Å². The van der Waals surface area contributed by atoms with Crippen LogP contribution in [0.15, 0.2) is 85.1 Å². The Kier molecular flexibility index (Phi) is 4.89. The molecule has 1 unspecified atom stereocenters. The third-order valence-corrected chi connectivity index (χ3v) is 7.23. The van der Waals surface area contributed by atoms with Crippen molar-refractivity contribution >= 4 is 34.3 Å². The molecule has 0 saturated carbocycles. The van der Waals surface area contributed by atoms with Gasteiger partial charge in [0.1, 0.15) is 0 Å². The third kappa shape index (κ3) is 2.97. The molecule has 6 heteroatoms. The van der Waals surface area contributed by atoms with Gasteiger partial charge >= 0.3 is 0 Å². The Bertz CT molecular complexity index is 1430. The number of fused-ring (bicyclic) bond motifs is 4. The summed E-state index contributed by atoms with van der Waals surface area (Å²) in [6.45, 7) is 0.965. The number of carbonyl (C=O) groups is 2. The zero-order chi connectivity index (χ0) is 23.3. The average Bonchev–Trinajstić information content (AvgIpc) is 3.38. The second kappa shape index (κ2) is 7.96. The zero-order valence-electron chi connectivity index (χ0n) is 18.4. The molecule has 34 heavy (non-hydrogen) atoms. The van der Waals surface area contributed by atoms with Gasteiger partial charge in [-0.2, -0.15) is 0 Å². The van der Waals surface area contributed by atoms with Gasteiger partial charge in [-0.25, -0.2) is 0 Å². The fourth-order valence-corrected chi connectivity index (χ4v) is 5.65. The van der Waals surface area contributed by atoms with Crippen LogP contribution < -0.4 is 0 Å². The molecule has 0 bridgehead atoms. The maximum atomic E-state index is 13.8. The summed E-state index contributed by atoms with van der Waals surface area (Å²) in [5.41, 5.74) is 3.38. The van der Waals surface area contributed by atoms with Crippen molar-refractivity contribution in [2.45, 2.75) is 18.5 Å². The third-order valence-electron chi connectivity index (χ3n) is 6.98. The van der Waals surface area contributed by atoms with Crippen molar-refractivity contribution in [1.82, 2.24) is 14.8 Å². The smallest absolute Gasteiger partial charge is 0.256 e. The number of hydrogen-bond donors (Lipinski definition) is 0. The predicted octanol–water partition coefficient (Wildman–Crippen LogP) is 5.02. The molecule has 0 aliphatic carbocycles. The fraction of sp³-hybridized carbons (Fsp3) is 0.179. The van der Waals surface area contributed by atoms with E-state index in [1.165, 1.54) is 0 Å². The largest absolute Gasteiger partial charge is 0.310 e. The van der Waals surface area contributed by atoms with Gasteiger partial charge in [0.25, 0.3) is 5.91 Å². The highest BCUT2D eigenvalue weighted by Gasteiger charge is 2.59. The summed E-state index contributed by atoms with van der Waals surface area (Å²) in [5.74, 6) is -0.0333. The number of benzene rings is 3. The summed E-state index contributed by atoms with van der Waals surface area (Å²) >= 11 is 6.19. The Labute approximate surface area is 202 Å². The molecule has 0 N–H and O–H groups in total. The summed E-state index contributed by atoms with van der Waals surface area (Å²) in [6, 6.07) is 25.1. The molecule has 0 spiro atoms. The molecular formula is C28H22ClN3O2. The molecule has 0 radical (unpaired) electrons. The lowest BCUT2D eigenvalue weighted by Crippen LogP contribution is -2.51. The summed E-state index contributed by atoms with van der Waals surface area (Å²) in [6.07, 6.45) is 2.69. The van der Waals surface area contributed by atoms with Crippen LogP contribution in [0.4, 0.5) is 0 Å². The minimum absolute atomic E-state index is 0.00915. The first-order valence-electron chi connectivity index (χ1n) is 11.4. The van der Waals surface area contributed by atoms with Crippen molar-refractivity contribution < 1.29 is 9.59 Å². The highest BCUT2D eigenvalue weighted by Crippen LogP contribution is 2.50. The molecule has 3 heterocycles. The van der Waals surface area contributed by atoms with Crippen LogP contribution in [0.3, 0.4) is 0 Å². The zero-order valence-corrected chi connectivity index (χ0v) is 19.2. The minimum atomic E-state index is -0.952. The van der Waals surface area contributed by atoms with Gasteiger partial charge in [-0.3, -0.25) is 14.6 Å². The maximum absolute atomic E-state index is 13.8. The minimum Gasteiger partial charge on any atom is -0.310 e. The van der Waals surface area contributed by atoms with Crippen LogP contribution in [0.1, 0.15) is 33.5 Å². The van der Waals surface area contributed by atoms with E-state index in [-0.39, 0.29) is 11.8 Å². The number of carbonyl (C=O) groups excluding carboxylic acids is 2. The monoisotopic (exact) mass is 467 g/mol. The van der Waals surface area contributed by atoms with Gasteiger partial charge in [0, 0.05) is 52.8 Å². The standard InChI is InChI=1S/C28H22ClN3O2/c29-22-13-11-21(12-14-22)28-24-9-2-1-8-23(24)27(34)32(28)18-17-31(28)25(33)15-10-20-6-3-5-19-7-4-16-30-26(19)20/h1-9,11-14,16H,10,15,17-18H2. The Balaban J connectivity index is 1.40. The van der Waals surface area contributed by atoms with Gasteiger partial charge in [0.05, 0.1) is 5.52 Å². The van der Waals surface area contributed by atoms with Gasteiger partial charge in [-0.1, -0.05) is 66.2 Å². The second-order valence-corrected chi connectivity index (χ2v) is 9.16. The summed E-state index contributed by atoms with van der Waals surface area (Å²) < 4.78 is 0. The van der Waals surface area contributed by atoms with E-state index in [9.17, 15) is 9.59 Å². The molecule has 3 aromatic carbocycles. The van der Waals surface area contributed by atoms with E-state index in [4.69, 9.17) is 11.6 Å². The molecule has 2 aliphatic rings. The van der Waals surface area contributed by atoms with Gasteiger partial charge in [0.15, 0.2) is 5.66 Å². The summed E-state index contributed by atoms with van der Waals surface area (Å²) in [5, 5.41) is 1.68. The molecule has 6 rings (SSSR count). The highest BCUT2D eigenvalue weighted by molar-refractivity contribution is 6.30. The number of para-hydroxylation sites is 1. The summed E-state index contributed by atoms with van der Waals surface area (Å²) in [4.78, 5) is 35.4. The van der Waals surface area contributed by atoms with Crippen LogP contribution in [-0.2, 0) is 16.9 Å². The van der Waals surface area contributed by atoms with Gasteiger partial charge in [0.2, 0.25) is 5.91 Å². The Hall–Kier alpha value is -3.70. The molecule has 2 aliphatic heterocycles. The average molecular weight is 468 g/mol. The van der Waals surface area contributed by atoms with Crippen molar-refractivity contribution in [3.63, 3.8) is 0 Å². The van der Waals surface area contributed by atoms with Gasteiger partial charge in [-0.05, 0) is 36.2 Å². The Morgan fingerprint density at radius 1 is 0.941 bits per heavy atom. The van der Waals surface area contributed by atoms with E-state index >= 15 is 0 Å². The quantitative estimate of drug-likeness (QED) is 0.423. The molecule has 5 nitrogen and oxygen atoms in total. The van der Waals surface area contributed by atoms with Gasteiger partial charge in [-0.15, -0.1) is 0 Å². The second-order valence-electron chi connectivity index (χ2n) is 8.72. The van der Waals surface area contributed by atoms with E-state index < -0.39 is 5.66 Å². The highest BCUT2D eigenvalue weighted by atomic mass is 35.5. The molecular weight excluding hydrogens is 446 g/mol. The van der Waals surface area contributed by atoms with E-state index in [1.54, 1.807) is 6.20 Å². The maximum Gasteiger partial charge on any atom is 0.256 e. The lowest BCUT2D eigenvalue weighted by molar-refractivity contribution is -0.136. The molecule has 4 aromatic rings. The fourth-order valence-electron chi connectivity index (χ4n) is 5.53. The number of amides is 2. The van der Waals surface area contributed by atoms with E-state index in [2.05, 4.69) is 4.98 Å². The Morgan fingerprint density at radius 2 is 1.74 bits per heavy atom. The van der Waals surface area contributed by atoms with Crippen molar-refractivity contribution in [2.24, 2.45) is 0 Å². The number of rotatable bonds is 4. The molecule has 1 aromatic heterocycles. The number of nitrogens with zero attached hydrogens (tertiary/aromatic N) is 3. The van der Waals surface area contributed by atoms with E-state index in [0.717, 1.165) is 27.6 Å². The molecule has 1 fully saturated rings. The predicted molar refractivity (Wildman–Crippen MR) is 131 cm³/mol. The lowest BCUT2D eigenvalue weighted by atomic mass is 9.89. The van der Waals surface area contributed by atoms with E-state index in [1.807, 2.05) is 88.7 Å². The Morgan fingerprint density at radius 3 is 2.59 bits per heavy atom. The topological polar surface area (TPSA) is 53.5 Å². The van der Waals surface area contributed by atoms with Crippen molar-refractivity contribution in [3.8, 4) is 0 Å². The van der Waals surface area contributed by atoms with E-state index in [0.29, 0.717) is 36.5 Å². The van der Waals surface area contributed by atoms with Gasteiger partial charge < -0.3 is 9.80 Å². The number of hydrogen-bond acceptors (Lipinski definition) is 3. The van der Waals surface area contributed by atoms with Crippen LogP contribution in [0.25, 0.3) is 10.9 Å². The van der Waals surface area contributed by atoms with Crippen LogP contribution in [0.2, 0.25) is 5.02 Å². The molecule has 168 valence electrons. The number of aromatic nitrogens is 1. The molecule has 2 amide bonds. The number of aryl methyl sites for hydroxylation is 1. The van der Waals surface area contributed by atoms with Crippen molar-refractivity contribution in [3.05, 3.63) is 112 Å². The molecule has 1 atom stereocenters. The van der Waals surface area contributed by atoms with Crippen LogP contribution >= 0.6 is 11.6 Å². The number of halogens is 1. The van der Waals surface area contributed by atoms with Crippen LogP contribution in [-0.4, -0.2) is 39.7 Å². The van der Waals surface area contributed by atoms with Crippen molar-refractivity contribution in [2.75, 3.05) is 13.1 Å². The first-order chi connectivity index (χ1) is 16.6. The first-order valence-corrected chi connectivity index (χ1v) is 11.8. The first kappa shape index (κ1) is 20.9. The van der Waals surface area contributed by atoms with Crippen LogP contribution in [0.5, 0.6) is 0 Å². The molecule has 1 saturated heterocycles. The van der Waals surface area contributed by atoms with Crippen molar-refractivity contribution in [1.29, 1.82) is 0 Å². The summed E-state index contributed by atoms with van der Waals surface area (Å²) in [7, 11) is 0. The SMILES string of the molecule is O=C(CCc1cccc2cccnc12)N1CCN2C(=O)c3ccccc3C12c1ccc(Cl)cc1. The normalized spacial score (nSPS) is 18.9. The lowest BCUT2D eigenvalue weighted by Gasteiger charge is -2.40.